The van der Waals surface area contributed by atoms with Gasteiger partial charge < -0.3 is 10.0 Å². The number of carboxylic acids is 1. The Hall–Kier alpha value is -2.69. The third-order valence-corrected chi connectivity index (χ3v) is 4.79. The molecule has 5 heteroatoms. The Morgan fingerprint density at radius 3 is 2.78 bits per heavy atom. The first-order valence-electron chi connectivity index (χ1n) is 7.48. The molecule has 0 saturated heterocycles. The molecule has 0 bridgehead atoms. The van der Waals surface area contributed by atoms with Crippen LogP contribution in [0.5, 0.6) is 0 Å². The minimum absolute atomic E-state index is 0.0261. The number of rotatable bonds is 1. The minimum atomic E-state index is -1.11. The van der Waals surface area contributed by atoms with E-state index in [9.17, 15) is 19.1 Å². The van der Waals surface area contributed by atoms with Crippen molar-refractivity contribution in [1.82, 2.24) is 0 Å². The molecular weight excluding hydrogens is 297 g/mol. The van der Waals surface area contributed by atoms with Crippen molar-refractivity contribution in [2.24, 2.45) is 0 Å². The second kappa shape index (κ2) is 4.65. The van der Waals surface area contributed by atoms with Gasteiger partial charge in [0.1, 0.15) is 5.82 Å². The van der Waals surface area contributed by atoms with Crippen LogP contribution in [-0.2, 0) is 0 Å². The summed E-state index contributed by atoms with van der Waals surface area (Å²) in [5.74, 6) is -1.66. The van der Waals surface area contributed by atoms with Crippen LogP contribution in [0.3, 0.4) is 0 Å². The first kappa shape index (κ1) is 13.9. The lowest BCUT2D eigenvalue weighted by molar-refractivity contribution is 0.0692. The maximum Gasteiger partial charge on any atom is 0.336 e. The molecule has 2 atom stereocenters. The first-order valence-corrected chi connectivity index (χ1v) is 7.48. The van der Waals surface area contributed by atoms with Crippen molar-refractivity contribution in [3.05, 3.63) is 64.5 Å². The van der Waals surface area contributed by atoms with Gasteiger partial charge in [-0.25, -0.2) is 9.18 Å². The maximum absolute atomic E-state index is 13.6. The Morgan fingerprint density at radius 1 is 1.26 bits per heavy atom. The summed E-state index contributed by atoms with van der Waals surface area (Å²) >= 11 is 0. The average molecular weight is 311 g/mol. The molecule has 0 saturated carbocycles. The van der Waals surface area contributed by atoms with Gasteiger partial charge >= 0.3 is 5.97 Å². The number of aromatic carboxylic acids is 1. The molecule has 0 aliphatic carbocycles. The summed E-state index contributed by atoms with van der Waals surface area (Å²) in [6.07, 6.45) is 0.651. The molecule has 23 heavy (non-hydrogen) atoms. The van der Waals surface area contributed by atoms with E-state index in [1.807, 2.05) is 13.0 Å². The minimum Gasteiger partial charge on any atom is -0.478 e. The number of carboxylic acid groups (broad SMARTS) is 1. The van der Waals surface area contributed by atoms with Gasteiger partial charge in [-0.1, -0.05) is 19.1 Å². The molecule has 2 aliphatic rings. The van der Waals surface area contributed by atoms with Crippen molar-refractivity contribution in [1.29, 1.82) is 0 Å². The van der Waals surface area contributed by atoms with E-state index in [0.717, 1.165) is 11.1 Å². The van der Waals surface area contributed by atoms with E-state index in [-0.39, 0.29) is 34.8 Å². The second-order valence-corrected chi connectivity index (χ2v) is 6.11. The van der Waals surface area contributed by atoms with Gasteiger partial charge in [-0.15, -0.1) is 0 Å². The Morgan fingerprint density at radius 2 is 2.04 bits per heavy atom. The van der Waals surface area contributed by atoms with Gasteiger partial charge in [-0.3, -0.25) is 4.79 Å². The van der Waals surface area contributed by atoms with E-state index in [2.05, 4.69) is 0 Å². The van der Waals surface area contributed by atoms with E-state index in [1.165, 1.54) is 18.2 Å². The quantitative estimate of drug-likeness (QED) is 0.873. The van der Waals surface area contributed by atoms with Crippen molar-refractivity contribution >= 4 is 17.6 Å². The normalized spacial score (nSPS) is 21.7. The Balaban J connectivity index is 1.94. The lowest BCUT2D eigenvalue weighted by atomic mass is 9.85. The molecule has 116 valence electrons. The highest BCUT2D eigenvalue weighted by Crippen LogP contribution is 2.50. The fourth-order valence-corrected chi connectivity index (χ4v) is 3.78. The number of amides is 1. The van der Waals surface area contributed by atoms with Crippen molar-refractivity contribution in [2.75, 3.05) is 4.90 Å². The zero-order chi connectivity index (χ0) is 16.3. The highest BCUT2D eigenvalue weighted by atomic mass is 19.1. The van der Waals surface area contributed by atoms with E-state index >= 15 is 0 Å². The van der Waals surface area contributed by atoms with Crippen LogP contribution in [0.25, 0.3) is 0 Å². The van der Waals surface area contributed by atoms with Crippen molar-refractivity contribution in [3.8, 4) is 0 Å². The predicted octanol–water partition coefficient (Wildman–Crippen LogP) is 3.73. The van der Waals surface area contributed by atoms with Gasteiger partial charge in [0, 0.05) is 5.69 Å². The third-order valence-electron chi connectivity index (χ3n) is 4.79. The van der Waals surface area contributed by atoms with E-state index < -0.39 is 5.97 Å². The van der Waals surface area contributed by atoms with Crippen LogP contribution in [0.15, 0.2) is 36.4 Å². The van der Waals surface area contributed by atoms with Crippen molar-refractivity contribution in [2.45, 2.75) is 25.3 Å². The van der Waals surface area contributed by atoms with E-state index in [4.69, 9.17) is 0 Å². The van der Waals surface area contributed by atoms with Crippen LogP contribution < -0.4 is 4.90 Å². The zero-order valence-electron chi connectivity index (χ0n) is 12.4. The molecule has 0 aromatic heterocycles. The van der Waals surface area contributed by atoms with E-state index in [0.29, 0.717) is 12.1 Å². The largest absolute Gasteiger partial charge is 0.478 e. The lowest BCUT2D eigenvalue weighted by Gasteiger charge is -2.35. The molecule has 2 aliphatic heterocycles. The number of anilines is 1. The molecule has 2 aromatic rings. The summed E-state index contributed by atoms with van der Waals surface area (Å²) in [4.78, 5) is 25.9. The SMILES string of the molecule is C[C@H]1C[C@H]2c3cccc(C(=O)O)c3C(=O)N2c2ccc(F)cc21. The monoisotopic (exact) mass is 311 g/mol. The number of hydrogen-bond donors (Lipinski definition) is 1. The third kappa shape index (κ3) is 1.82. The predicted molar refractivity (Wildman–Crippen MR) is 82.4 cm³/mol. The molecule has 1 amide bonds. The van der Waals surface area contributed by atoms with Gasteiger partial charge in [0.2, 0.25) is 0 Å². The summed E-state index contributed by atoms with van der Waals surface area (Å²) in [7, 11) is 0. The van der Waals surface area contributed by atoms with Gasteiger partial charge in [0.05, 0.1) is 17.2 Å². The molecule has 4 rings (SSSR count). The number of halogens is 1. The van der Waals surface area contributed by atoms with Crippen LogP contribution in [0.4, 0.5) is 10.1 Å². The molecule has 0 unspecified atom stereocenters. The Bertz CT molecular complexity index is 861. The standard InChI is InChI=1S/C18H14FNO3/c1-9-7-15-11-3-2-4-12(18(22)23)16(11)17(21)20(15)14-6-5-10(19)8-13(9)14/h2-6,8-9,15H,7H2,1H3,(H,22,23)/t9-,15-/m0/s1. The number of carbonyl (C=O) groups is 2. The van der Waals surface area contributed by atoms with E-state index in [1.54, 1.807) is 17.0 Å². The summed E-state index contributed by atoms with van der Waals surface area (Å²) < 4.78 is 13.6. The summed E-state index contributed by atoms with van der Waals surface area (Å²) in [6.45, 7) is 2.00. The summed E-state index contributed by atoms with van der Waals surface area (Å²) in [6, 6.07) is 9.15. The van der Waals surface area contributed by atoms with Gasteiger partial charge in [-0.05, 0) is 47.7 Å². The molecule has 0 fully saturated rings. The number of fused-ring (bicyclic) bond motifs is 5. The van der Waals surface area contributed by atoms with Crippen molar-refractivity contribution < 1.29 is 19.1 Å². The van der Waals surface area contributed by atoms with Crippen LogP contribution in [-0.4, -0.2) is 17.0 Å². The van der Waals surface area contributed by atoms with Crippen LogP contribution in [0.1, 0.15) is 57.1 Å². The first-order chi connectivity index (χ1) is 11.0. The number of carbonyl (C=O) groups excluding carboxylic acids is 1. The van der Waals surface area contributed by atoms with Crippen LogP contribution in [0, 0.1) is 5.82 Å². The topological polar surface area (TPSA) is 57.6 Å². The maximum atomic E-state index is 13.6. The van der Waals surface area contributed by atoms with Gasteiger partial charge in [0.15, 0.2) is 0 Å². The average Bonchev–Trinajstić information content (AvgIpc) is 2.81. The molecule has 0 radical (unpaired) electrons. The molecular formula is C18H14FNO3. The summed E-state index contributed by atoms with van der Waals surface area (Å²) in [5, 5.41) is 9.36. The lowest BCUT2D eigenvalue weighted by Crippen LogP contribution is -2.33. The number of nitrogens with zero attached hydrogens (tertiary/aromatic N) is 1. The Kier molecular flexibility index (Phi) is 2.82. The second-order valence-electron chi connectivity index (χ2n) is 6.11. The van der Waals surface area contributed by atoms with Crippen LogP contribution in [0.2, 0.25) is 0 Å². The Labute approximate surface area is 132 Å². The number of benzene rings is 2. The fourth-order valence-electron chi connectivity index (χ4n) is 3.78. The molecule has 2 heterocycles. The molecule has 2 aromatic carbocycles. The molecule has 1 N–H and O–H groups in total. The fraction of sp³-hybridized carbons (Fsp3) is 0.222. The smallest absolute Gasteiger partial charge is 0.336 e. The highest BCUT2D eigenvalue weighted by Gasteiger charge is 2.44. The summed E-state index contributed by atoms with van der Waals surface area (Å²) in [5.41, 5.74) is 2.50. The van der Waals surface area contributed by atoms with Gasteiger partial charge in [0.25, 0.3) is 5.91 Å². The van der Waals surface area contributed by atoms with Crippen molar-refractivity contribution in [3.63, 3.8) is 0 Å². The zero-order valence-corrected chi connectivity index (χ0v) is 12.4. The highest BCUT2D eigenvalue weighted by molar-refractivity contribution is 6.16. The van der Waals surface area contributed by atoms with Gasteiger partial charge in [-0.2, -0.15) is 0 Å². The molecule has 4 nitrogen and oxygen atoms in total. The number of hydrogen-bond acceptors (Lipinski definition) is 2. The molecule has 0 spiro atoms. The van der Waals surface area contributed by atoms with Crippen LogP contribution >= 0.6 is 0 Å².